The van der Waals surface area contributed by atoms with Crippen LogP contribution in [0, 0.1) is 16.7 Å². The Hall–Kier alpha value is -1.30. The van der Waals surface area contributed by atoms with Crippen LogP contribution in [0.1, 0.15) is 45.4 Å². The summed E-state index contributed by atoms with van der Waals surface area (Å²) in [6.45, 7) is 6.26. The second-order valence-corrected chi connectivity index (χ2v) is 5.23. The number of nitrogens with zero attached hydrogens (tertiary/aromatic N) is 2. The van der Waals surface area contributed by atoms with E-state index in [1.165, 1.54) is 0 Å². The molecule has 0 bridgehead atoms. The standard InChI is InChI=1S/C14H22N2O/c1-12(2)10-16(3)13(17)14(11-15)8-6-4-5-7-9-14/h1,4-10H2,2-3H3. The highest BCUT2D eigenvalue weighted by Crippen LogP contribution is 2.36. The highest BCUT2D eigenvalue weighted by Gasteiger charge is 2.40. The summed E-state index contributed by atoms with van der Waals surface area (Å²) in [7, 11) is 1.76. The molecule has 1 fully saturated rings. The van der Waals surface area contributed by atoms with E-state index >= 15 is 0 Å². The van der Waals surface area contributed by atoms with Crippen LogP contribution < -0.4 is 0 Å². The lowest BCUT2D eigenvalue weighted by atomic mass is 9.80. The number of amides is 1. The number of hydrogen-bond donors (Lipinski definition) is 0. The van der Waals surface area contributed by atoms with E-state index in [9.17, 15) is 10.1 Å². The Morgan fingerprint density at radius 1 is 1.35 bits per heavy atom. The third kappa shape index (κ3) is 3.33. The van der Waals surface area contributed by atoms with E-state index in [0.717, 1.165) is 31.3 Å². The molecule has 0 spiro atoms. The van der Waals surface area contributed by atoms with Crippen LogP contribution in [0.4, 0.5) is 0 Å². The quantitative estimate of drug-likeness (QED) is 0.556. The van der Waals surface area contributed by atoms with Gasteiger partial charge in [0.1, 0.15) is 5.41 Å². The first kappa shape index (κ1) is 13.8. The Morgan fingerprint density at radius 2 is 1.88 bits per heavy atom. The number of rotatable bonds is 3. The predicted octanol–water partition coefficient (Wildman–Crippen LogP) is 2.89. The van der Waals surface area contributed by atoms with E-state index < -0.39 is 5.41 Å². The molecule has 94 valence electrons. The maximum absolute atomic E-state index is 12.4. The first-order chi connectivity index (χ1) is 8.02. The lowest BCUT2D eigenvalue weighted by Crippen LogP contribution is -2.41. The van der Waals surface area contributed by atoms with Crippen molar-refractivity contribution in [2.45, 2.75) is 45.4 Å². The molecule has 0 aliphatic heterocycles. The Bertz CT molecular complexity index is 333. The van der Waals surface area contributed by atoms with Crippen LogP contribution >= 0.6 is 0 Å². The fraction of sp³-hybridized carbons (Fsp3) is 0.714. The monoisotopic (exact) mass is 234 g/mol. The number of nitriles is 1. The summed E-state index contributed by atoms with van der Waals surface area (Å²) in [5, 5.41) is 9.40. The van der Waals surface area contributed by atoms with Crippen LogP contribution in [-0.2, 0) is 4.79 Å². The number of carbonyl (C=O) groups excluding carboxylic acids is 1. The van der Waals surface area contributed by atoms with Crippen molar-refractivity contribution < 1.29 is 4.79 Å². The SMILES string of the molecule is C=C(C)CN(C)C(=O)C1(C#N)CCCCCC1. The number of carbonyl (C=O) groups is 1. The largest absolute Gasteiger partial charge is 0.340 e. The van der Waals surface area contributed by atoms with Crippen molar-refractivity contribution in [3.63, 3.8) is 0 Å². The van der Waals surface area contributed by atoms with Crippen molar-refractivity contribution in [2.24, 2.45) is 5.41 Å². The Kier molecular flexibility index (Phi) is 4.74. The van der Waals surface area contributed by atoms with Crippen molar-refractivity contribution in [2.75, 3.05) is 13.6 Å². The lowest BCUT2D eigenvalue weighted by molar-refractivity contribution is -0.137. The molecule has 3 nitrogen and oxygen atoms in total. The van der Waals surface area contributed by atoms with Crippen LogP contribution in [0.3, 0.4) is 0 Å². The van der Waals surface area contributed by atoms with Crippen molar-refractivity contribution >= 4 is 5.91 Å². The number of likely N-dealkylation sites (N-methyl/N-ethyl adjacent to an activating group) is 1. The third-order valence-corrected chi connectivity index (χ3v) is 3.43. The molecule has 0 heterocycles. The van der Waals surface area contributed by atoms with Crippen LogP contribution in [0.25, 0.3) is 0 Å². The van der Waals surface area contributed by atoms with Gasteiger partial charge in [0.05, 0.1) is 6.07 Å². The van der Waals surface area contributed by atoms with E-state index in [0.29, 0.717) is 19.4 Å². The van der Waals surface area contributed by atoms with E-state index in [2.05, 4.69) is 12.6 Å². The second-order valence-electron chi connectivity index (χ2n) is 5.23. The molecule has 0 aromatic carbocycles. The van der Waals surface area contributed by atoms with Gasteiger partial charge in [0.25, 0.3) is 0 Å². The summed E-state index contributed by atoms with van der Waals surface area (Å²) in [5.41, 5.74) is 0.170. The van der Waals surface area contributed by atoms with Crippen molar-refractivity contribution in [1.29, 1.82) is 5.26 Å². The molecule has 1 saturated carbocycles. The predicted molar refractivity (Wildman–Crippen MR) is 68.2 cm³/mol. The zero-order valence-corrected chi connectivity index (χ0v) is 11.0. The molecule has 0 aromatic rings. The van der Waals surface area contributed by atoms with Crippen LogP contribution in [-0.4, -0.2) is 24.4 Å². The molecule has 17 heavy (non-hydrogen) atoms. The molecule has 0 N–H and O–H groups in total. The molecule has 0 atom stereocenters. The fourth-order valence-electron chi connectivity index (χ4n) is 2.55. The van der Waals surface area contributed by atoms with Crippen LogP contribution in [0.15, 0.2) is 12.2 Å². The Morgan fingerprint density at radius 3 is 2.29 bits per heavy atom. The van der Waals surface area contributed by atoms with Crippen LogP contribution in [0.5, 0.6) is 0 Å². The average molecular weight is 234 g/mol. The molecule has 1 amide bonds. The van der Waals surface area contributed by atoms with Gasteiger partial charge in [-0.1, -0.05) is 37.8 Å². The minimum Gasteiger partial charge on any atom is -0.340 e. The summed E-state index contributed by atoms with van der Waals surface area (Å²) in [6.07, 6.45) is 5.67. The van der Waals surface area contributed by atoms with Gasteiger partial charge < -0.3 is 4.90 Å². The molecule has 0 radical (unpaired) electrons. The van der Waals surface area contributed by atoms with E-state index in [4.69, 9.17) is 0 Å². The fourth-order valence-corrected chi connectivity index (χ4v) is 2.55. The van der Waals surface area contributed by atoms with E-state index in [1.807, 2.05) is 6.92 Å². The summed E-state index contributed by atoms with van der Waals surface area (Å²) < 4.78 is 0. The lowest BCUT2D eigenvalue weighted by Gasteiger charge is -2.29. The Labute approximate surface area is 104 Å². The van der Waals surface area contributed by atoms with Gasteiger partial charge in [0.2, 0.25) is 5.91 Å². The summed E-state index contributed by atoms with van der Waals surface area (Å²) >= 11 is 0. The topological polar surface area (TPSA) is 44.1 Å². The van der Waals surface area contributed by atoms with Crippen LogP contribution in [0.2, 0.25) is 0 Å². The molecule has 1 aliphatic rings. The third-order valence-electron chi connectivity index (χ3n) is 3.43. The molecular weight excluding hydrogens is 212 g/mol. The minimum atomic E-state index is -0.777. The first-order valence-corrected chi connectivity index (χ1v) is 6.33. The van der Waals surface area contributed by atoms with Crippen molar-refractivity contribution in [3.05, 3.63) is 12.2 Å². The molecule has 3 heteroatoms. The summed E-state index contributed by atoms with van der Waals surface area (Å²) in [4.78, 5) is 14.1. The first-order valence-electron chi connectivity index (χ1n) is 6.33. The van der Waals surface area contributed by atoms with Gasteiger partial charge in [-0.05, 0) is 19.8 Å². The van der Waals surface area contributed by atoms with Gasteiger partial charge in [0.15, 0.2) is 0 Å². The maximum Gasteiger partial charge on any atom is 0.243 e. The van der Waals surface area contributed by atoms with Gasteiger partial charge in [-0.15, -0.1) is 0 Å². The van der Waals surface area contributed by atoms with Gasteiger partial charge in [-0.2, -0.15) is 5.26 Å². The van der Waals surface area contributed by atoms with Gasteiger partial charge >= 0.3 is 0 Å². The molecule has 1 aliphatic carbocycles. The molecule has 0 aromatic heterocycles. The zero-order valence-electron chi connectivity index (χ0n) is 11.0. The van der Waals surface area contributed by atoms with Gasteiger partial charge in [0, 0.05) is 13.6 Å². The highest BCUT2D eigenvalue weighted by molar-refractivity contribution is 5.85. The summed E-state index contributed by atoms with van der Waals surface area (Å²) in [6, 6.07) is 2.29. The van der Waals surface area contributed by atoms with Crippen molar-refractivity contribution in [3.8, 4) is 6.07 Å². The molecule has 0 saturated heterocycles. The molecular formula is C14H22N2O. The van der Waals surface area contributed by atoms with E-state index in [-0.39, 0.29) is 5.91 Å². The maximum atomic E-state index is 12.4. The van der Waals surface area contributed by atoms with Crippen molar-refractivity contribution in [1.82, 2.24) is 4.90 Å². The number of hydrogen-bond acceptors (Lipinski definition) is 2. The smallest absolute Gasteiger partial charge is 0.243 e. The minimum absolute atomic E-state index is 0.0232. The van der Waals surface area contributed by atoms with E-state index in [1.54, 1.807) is 11.9 Å². The second kappa shape index (κ2) is 5.86. The average Bonchev–Trinajstić information content (AvgIpc) is 2.53. The Balaban J connectivity index is 2.81. The highest BCUT2D eigenvalue weighted by atomic mass is 16.2. The normalized spacial score (nSPS) is 18.9. The zero-order chi connectivity index (χ0) is 12.9. The van der Waals surface area contributed by atoms with Gasteiger partial charge in [-0.25, -0.2) is 0 Å². The molecule has 0 unspecified atom stereocenters. The van der Waals surface area contributed by atoms with Gasteiger partial charge in [-0.3, -0.25) is 4.79 Å². The molecule has 1 rings (SSSR count). The summed E-state index contributed by atoms with van der Waals surface area (Å²) in [5.74, 6) is -0.0232.